The lowest BCUT2D eigenvalue weighted by molar-refractivity contribution is 0.414. The van der Waals surface area contributed by atoms with E-state index < -0.39 is 0 Å². The molecule has 0 aliphatic heterocycles. The molecule has 0 saturated heterocycles. The summed E-state index contributed by atoms with van der Waals surface area (Å²) in [5.41, 5.74) is 9.67. The summed E-state index contributed by atoms with van der Waals surface area (Å²) in [4.78, 5) is 0. The van der Waals surface area contributed by atoms with Gasteiger partial charge in [0.25, 0.3) is 0 Å². The molecule has 0 aliphatic carbocycles. The van der Waals surface area contributed by atoms with Crippen LogP contribution in [0.4, 0.5) is 0 Å². The van der Waals surface area contributed by atoms with Gasteiger partial charge in [-0.05, 0) is 35.2 Å². The first-order chi connectivity index (χ1) is 9.15. The van der Waals surface area contributed by atoms with Gasteiger partial charge in [0.15, 0.2) is 0 Å². The molecular formula is C16H18ClNO. The van der Waals surface area contributed by atoms with Crippen LogP contribution in [0, 0.1) is 0 Å². The minimum Gasteiger partial charge on any atom is -0.495 e. The molecule has 2 N–H and O–H groups in total. The van der Waals surface area contributed by atoms with Crippen LogP contribution in [0.5, 0.6) is 5.75 Å². The number of nitrogens with two attached hydrogens (primary N) is 1. The number of aryl methyl sites for hydroxylation is 1. The maximum atomic E-state index is 6.28. The van der Waals surface area contributed by atoms with E-state index in [1.54, 1.807) is 7.11 Å². The fourth-order valence-corrected chi connectivity index (χ4v) is 2.22. The van der Waals surface area contributed by atoms with Gasteiger partial charge in [-0.2, -0.15) is 0 Å². The van der Waals surface area contributed by atoms with Crippen LogP contribution in [0.15, 0.2) is 42.5 Å². The van der Waals surface area contributed by atoms with E-state index in [-0.39, 0.29) is 6.04 Å². The summed E-state index contributed by atoms with van der Waals surface area (Å²) >= 11 is 6.02. The van der Waals surface area contributed by atoms with E-state index in [0.717, 1.165) is 17.5 Å². The fourth-order valence-electron chi connectivity index (χ4n) is 2.02. The zero-order valence-corrected chi connectivity index (χ0v) is 11.9. The summed E-state index contributed by atoms with van der Waals surface area (Å²) in [5, 5.41) is 0.597. The van der Waals surface area contributed by atoms with Crippen molar-refractivity contribution < 1.29 is 4.74 Å². The molecule has 0 aromatic heterocycles. The first kappa shape index (κ1) is 13.9. The van der Waals surface area contributed by atoms with Crippen LogP contribution in [0.3, 0.4) is 0 Å². The average Bonchev–Trinajstić information content (AvgIpc) is 2.47. The summed E-state index contributed by atoms with van der Waals surface area (Å²) in [6, 6.07) is 13.8. The molecule has 0 bridgehead atoms. The molecular weight excluding hydrogens is 258 g/mol. The molecule has 2 nitrogen and oxygen atoms in total. The predicted octanol–water partition coefficient (Wildman–Crippen LogP) is 3.96. The maximum absolute atomic E-state index is 6.28. The molecule has 0 saturated carbocycles. The molecule has 0 spiro atoms. The van der Waals surface area contributed by atoms with E-state index in [4.69, 9.17) is 22.1 Å². The quantitative estimate of drug-likeness (QED) is 0.917. The fraction of sp³-hybridized carbons (Fsp3) is 0.250. The van der Waals surface area contributed by atoms with Crippen LogP contribution >= 0.6 is 11.6 Å². The molecule has 2 rings (SSSR count). The Kier molecular flexibility index (Phi) is 4.46. The Morgan fingerprint density at radius 3 is 2.32 bits per heavy atom. The third-order valence-electron chi connectivity index (χ3n) is 3.28. The van der Waals surface area contributed by atoms with Crippen molar-refractivity contribution in [3.63, 3.8) is 0 Å². The third-order valence-corrected chi connectivity index (χ3v) is 3.59. The van der Waals surface area contributed by atoms with E-state index in [1.165, 1.54) is 5.56 Å². The Morgan fingerprint density at radius 1 is 1.11 bits per heavy atom. The second-order valence-corrected chi connectivity index (χ2v) is 4.87. The molecule has 19 heavy (non-hydrogen) atoms. The molecule has 1 unspecified atom stereocenters. The molecule has 0 fully saturated rings. The average molecular weight is 276 g/mol. The highest BCUT2D eigenvalue weighted by Crippen LogP contribution is 2.29. The van der Waals surface area contributed by atoms with E-state index in [9.17, 15) is 0 Å². The van der Waals surface area contributed by atoms with Crippen LogP contribution in [0.25, 0.3) is 0 Å². The van der Waals surface area contributed by atoms with Crippen LogP contribution in [-0.2, 0) is 6.42 Å². The monoisotopic (exact) mass is 275 g/mol. The lowest BCUT2D eigenvalue weighted by Gasteiger charge is -2.14. The Balaban J connectivity index is 2.29. The van der Waals surface area contributed by atoms with Crippen LogP contribution < -0.4 is 10.5 Å². The lowest BCUT2D eigenvalue weighted by Crippen LogP contribution is -2.12. The van der Waals surface area contributed by atoms with Crippen molar-refractivity contribution in [1.82, 2.24) is 0 Å². The first-order valence-corrected chi connectivity index (χ1v) is 6.71. The molecule has 0 radical (unpaired) electrons. The van der Waals surface area contributed by atoms with Gasteiger partial charge in [0, 0.05) is 0 Å². The van der Waals surface area contributed by atoms with Crippen molar-refractivity contribution in [3.8, 4) is 5.75 Å². The van der Waals surface area contributed by atoms with Gasteiger partial charge >= 0.3 is 0 Å². The Morgan fingerprint density at radius 2 is 1.74 bits per heavy atom. The van der Waals surface area contributed by atoms with Crippen molar-refractivity contribution in [1.29, 1.82) is 0 Å². The smallest absolute Gasteiger partial charge is 0.137 e. The molecule has 0 heterocycles. The van der Waals surface area contributed by atoms with Gasteiger partial charge in [-0.1, -0.05) is 48.9 Å². The minimum atomic E-state index is -0.169. The van der Waals surface area contributed by atoms with Crippen molar-refractivity contribution in [2.45, 2.75) is 19.4 Å². The van der Waals surface area contributed by atoms with Gasteiger partial charge < -0.3 is 10.5 Å². The number of benzene rings is 2. The van der Waals surface area contributed by atoms with Crippen molar-refractivity contribution in [2.75, 3.05) is 7.11 Å². The summed E-state index contributed by atoms with van der Waals surface area (Å²) < 4.78 is 5.22. The lowest BCUT2D eigenvalue weighted by atomic mass is 9.98. The topological polar surface area (TPSA) is 35.2 Å². The molecule has 0 amide bonds. The summed E-state index contributed by atoms with van der Waals surface area (Å²) in [6.45, 7) is 2.14. The summed E-state index contributed by atoms with van der Waals surface area (Å²) in [6.07, 6.45) is 1.03. The van der Waals surface area contributed by atoms with E-state index in [2.05, 4.69) is 31.2 Å². The highest BCUT2D eigenvalue weighted by Gasteiger charge is 2.11. The summed E-state index contributed by atoms with van der Waals surface area (Å²) in [7, 11) is 1.60. The first-order valence-electron chi connectivity index (χ1n) is 6.33. The number of hydrogen-bond acceptors (Lipinski definition) is 2. The van der Waals surface area contributed by atoms with E-state index >= 15 is 0 Å². The molecule has 100 valence electrons. The molecule has 1 atom stereocenters. The standard InChI is InChI=1S/C16H18ClNO/c1-3-11-4-6-12(7-5-11)16(18)13-8-9-14(17)15(10-13)19-2/h4-10,16H,3,18H2,1-2H3. The van der Waals surface area contributed by atoms with E-state index in [0.29, 0.717) is 10.8 Å². The Labute approximate surface area is 119 Å². The largest absolute Gasteiger partial charge is 0.495 e. The zero-order chi connectivity index (χ0) is 13.8. The maximum Gasteiger partial charge on any atom is 0.137 e. The van der Waals surface area contributed by atoms with Gasteiger partial charge in [-0.15, -0.1) is 0 Å². The van der Waals surface area contributed by atoms with Gasteiger partial charge in [-0.3, -0.25) is 0 Å². The molecule has 0 aliphatic rings. The third kappa shape index (κ3) is 3.09. The second kappa shape index (κ2) is 6.09. The second-order valence-electron chi connectivity index (χ2n) is 4.47. The number of halogens is 1. The SMILES string of the molecule is CCc1ccc(C(N)c2ccc(Cl)c(OC)c2)cc1. The van der Waals surface area contributed by atoms with Crippen LogP contribution in [0.2, 0.25) is 5.02 Å². The van der Waals surface area contributed by atoms with Gasteiger partial charge in [0.2, 0.25) is 0 Å². The van der Waals surface area contributed by atoms with Crippen molar-refractivity contribution in [3.05, 3.63) is 64.2 Å². The molecule has 2 aromatic carbocycles. The van der Waals surface area contributed by atoms with Gasteiger partial charge in [0.1, 0.15) is 5.75 Å². The molecule has 2 aromatic rings. The summed E-state index contributed by atoms with van der Waals surface area (Å²) in [5.74, 6) is 0.653. The van der Waals surface area contributed by atoms with Gasteiger partial charge in [0.05, 0.1) is 18.2 Å². The Hall–Kier alpha value is -1.51. The van der Waals surface area contributed by atoms with Crippen molar-refractivity contribution >= 4 is 11.6 Å². The molecule has 3 heteroatoms. The highest BCUT2D eigenvalue weighted by atomic mass is 35.5. The van der Waals surface area contributed by atoms with Crippen LogP contribution in [0.1, 0.15) is 29.7 Å². The Bertz CT molecular complexity index is 551. The predicted molar refractivity (Wildman–Crippen MR) is 79.9 cm³/mol. The van der Waals surface area contributed by atoms with Gasteiger partial charge in [-0.25, -0.2) is 0 Å². The van der Waals surface area contributed by atoms with Crippen LogP contribution in [-0.4, -0.2) is 7.11 Å². The normalized spacial score (nSPS) is 12.2. The number of ether oxygens (including phenoxy) is 1. The number of methoxy groups -OCH3 is 1. The van der Waals surface area contributed by atoms with E-state index in [1.807, 2.05) is 18.2 Å². The zero-order valence-electron chi connectivity index (χ0n) is 11.2. The minimum absolute atomic E-state index is 0.169. The number of hydrogen-bond donors (Lipinski definition) is 1. The number of rotatable bonds is 4. The highest BCUT2D eigenvalue weighted by molar-refractivity contribution is 6.32. The van der Waals surface area contributed by atoms with Crippen molar-refractivity contribution in [2.24, 2.45) is 5.73 Å².